The Balaban J connectivity index is 1.57. The lowest BCUT2D eigenvalue weighted by Gasteiger charge is -2.20. The van der Waals surface area contributed by atoms with E-state index < -0.39 is 18.5 Å². The quantitative estimate of drug-likeness (QED) is 0.771. The first-order chi connectivity index (χ1) is 13.1. The third-order valence-corrected chi connectivity index (χ3v) is 5.03. The van der Waals surface area contributed by atoms with Crippen LogP contribution in [0.2, 0.25) is 0 Å². The fraction of sp³-hybridized carbons (Fsp3) is 0.400. The van der Waals surface area contributed by atoms with Crippen molar-refractivity contribution in [3.8, 4) is 0 Å². The maximum absolute atomic E-state index is 12.7. The normalized spacial score (nSPS) is 17.0. The van der Waals surface area contributed by atoms with Gasteiger partial charge in [0.1, 0.15) is 11.4 Å². The number of anilines is 1. The Kier molecular flexibility index (Phi) is 4.75. The first-order valence-electron chi connectivity index (χ1n) is 9.28. The molecule has 0 N–H and O–H groups in total. The Morgan fingerprint density at radius 1 is 1.07 bits per heavy atom. The summed E-state index contributed by atoms with van der Waals surface area (Å²) < 4.78 is 5.25. The molecule has 2 amide bonds. The van der Waals surface area contributed by atoms with E-state index >= 15 is 0 Å². The van der Waals surface area contributed by atoms with Gasteiger partial charge >= 0.3 is 5.97 Å². The van der Waals surface area contributed by atoms with Gasteiger partial charge in [-0.25, -0.2) is 9.78 Å². The smallest absolute Gasteiger partial charge is 0.342 e. The number of nitrogens with zero attached hydrogens (tertiary/aromatic N) is 3. The van der Waals surface area contributed by atoms with Crippen molar-refractivity contribution in [3.63, 3.8) is 0 Å². The zero-order valence-electron chi connectivity index (χ0n) is 15.0. The predicted octanol–water partition coefficient (Wildman–Crippen LogP) is 2.14. The van der Waals surface area contributed by atoms with Crippen LogP contribution in [0, 0.1) is 0 Å². The molecule has 2 aromatic rings. The minimum atomic E-state index is -0.588. The number of hydrogen-bond donors (Lipinski definition) is 0. The van der Waals surface area contributed by atoms with Crippen molar-refractivity contribution in [2.24, 2.45) is 0 Å². The molecule has 140 valence electrons. The molecule has 0 spiro atoms. The molecule has 0 bridgehead atoms. The largest absolute Gasteiger partial charge is 0.452 e. The van der Waals surface area contributed by atoms with E-state index in [1.54, 1.807) is 6.07 Å². The van der Waals surface area contributed by atoms with Crippen LogP contribution in [0.3, 0.4) is 0 Å². The van der Waals surface area contributed by atoms with Gasteiger partial charge in [-0.3, -0.25) is 14.5 Å². The molecule has 3 heterocycles. The van der Waals surface area contributed by atoms with E-state index in [4.69, 9.17) is 4.74 Å². The first kappa shape index (κ1) is 17.5. The fourth-order valence-corrected chi connectivity index (χ4v) is 3.62. The second-order valence-corrected chi connectivity index (χ2v) is 6.87. The van der Waals surface area contributed by atoms with Gasteiger partial charge in [-0.15, -0.1) is 0 Å². The summed E-state index contributed by atoms with van der Waals surface area (Å²) >= 11 is 0. The van der Waals surface area contributed by atoms with E-state index in [1.807, 2.05) is 24.3 Å². The number of carbonyl (C=O) groups is 3. The van der Waals surface area contributed by atoms with Crippen LogP contribution in [0.15, 0.2) is 30.3 Å². The molecule has 27 heavy (non-hydrogen) atoms. The lowest BCUT2D eigenvalue weighted by atomic mass is 10.1. The van der Waals surface area contributed by atoms with Gasteiger partial charge in [0, 0.05) is 31.4 Å². The molecule has 2 saturated heterocycles. The molecule has 2 fully saturated rings. The maximum atomic E-state index is 12.7. The van der Waals surface area contributed by atoms with Gasteiger partial charge in [0.25, 0.3) is 5.91 Å². The van der Waals surface area contributed by atoms with Crippen LogP contribution in [0.4, 0.5) is 5.82 Å². The SMILES string of the molecule is O=C(OCC(=O)N1CCCC1=O)c1cc2ccccc2nc1N1CCCC1. The first-order valence-corrected chi connectivity index (χ1v) is 9.28. The van der Waals surface area contributed by atoms with Crippen molar-refractivity contribution in [2.45, 2.75) is 25.7 Å². The maximum Gasteiger partial charge on any atom is 0.342 e. The molecule has 2 aliphatic rings. The average Bonchev–Trinajstić information content (AvgIpc) is 3.36. The van der Waals surface area contributed by atoms with E-state index in [0.717, 1.165) is 41.7 Å². The Morgan fingerprint density at radius 3 is 2.59 bits per heavy atom. The molecule has 2 aliphatic heterocycles. The number of esters is 1. The summed E-state index contributed by atoms with van der Waals surface area (Å²) in [5.41, 5.74) is 1.17. The summed E-state index contributed by atoms with van der Waals surface area (Å²) in [6.45, 7) is 1.64. The summed E-state index contributed by atoms with van der Waals surface area (Å²) in [5, 5.41) is 0.841. The monoisotopic (exact) mass is 367 g/mol. The van der Waals surface area contributed by atoms with Crippen molar-refractivity contribution in [1.82, 2.24) is 9.88 Å². The molecule has 0 saturated carbocycles. The number of likely N-dealkylation sites (tertiary alicyclic amines) is 1. The summed E-state index contributed by atoms with van der Waals surface area (Å²) in [7, 11) is 0. The zero-order valence-corrected chi connectivity index (χ0v) is 15.0. The molecule has 0 radical (unpaired) electrons. The van der Waals surface area contributed by atoms with E-state index in [1.165, 1.54) is 0 Å². The lowest BCUT2D eigenvalue weighted by molar-refractivity contribution is -0.143. The number of para-hydroxylation sites is 1. The fourth-order valence-electron chi connectivity index (χ4n) is 3.62. The van der Waals surface area contributed by atoms with Crippen molar-refractivity contribution in [2.75, 3.05) is 31.1 Å². The Morgan fingerprint density at radius 2 is 1.85 bits per heavy atom. The van der Waals surface area contributed by atoms with Gasteiger partial charge in [0.2, 0.25) is 5.91 Å². The Labute approximate surface area is 156 Å². The predicted molar refractivity (Wildman–Crippen MR) is 99.4 cm³/mol. The topological polar surface area (TPSA) is 79.8 Å². The van der Waals surface area contributed by atoms with Crippen LogP contribution in [0.1, 0.15) is 36.0 Å². The molecule has 7 heteroatoms. The third kappa shape index (κ3) is 3.49. The minimum absolute atomic E-state index is 0.207. The van der Waals surface area contributed by atoms with Crippen molar-refractivity contribution < 1.29 is 19.1 Å². The highest BCUT2D eigenvalue weighted by Crippen LogP contribution is 2.27. The molecule has 1 aromatic heterocycles. The van der Waals surface area contributed by atoms with Crippen LogP contribution >= 0.6 is 0 Å². The van der Waals surface area contributed by atoms with E-state index in [-0.39, 0.29) is 5.91 Å². The highest BCUT2D eigenvalue weighted by atomic mass is 16.5. The second-order valence-electron chi connectivity index (χ2n) is 6.87. The van der Waals surface area contributed by atoms with Gasteiger partial charge in [0.15, 0.2) is 6.61 Å². The minimum Gasteiger partial charge on any atom is -0.452 e. The number of ether oxygens (including phenoxy) is 1. The second kappa shape index (κ2) is 7.34. The molecule has 0 unspecified atom stereocenters. The lowest BCUT2D eigenvalue weighted by Crippen LogP contribution is -2.35. The number of carbonyl (C=O) groups excluding carboxylic acids is 3. The highest BCUT2D eigenvalue weighted by molar-refractivity contribution is 6.01. The van der Waals surface area contributed by atoms with Crippen LogP contribution in [0.5, 0.6) is 0 Å². The molecule has 7 nitrogen and oxygen atoms in total. The van der Waals surface area contributed by atoms with Gasteiger partial charge in [-0.05, 0) is 31.4 Å². The Bertz CT molecular complexity index is 905. The molecule has 1 aromatic carbocycles. The van der Waals surface area contributed by atoms with Crippen LogP contribution < -0.4 is 4.90 Å². The number of imide groups is 1. The van der Waals surface area contributed by atoms with Crippen LogP contribution in [0.25, 0.3) is 10.9 Å². The number of rotatable bonds is 4. The van der Waals surface area contributed by atoms with Crippen molar-refractivity contribution in [1.29, 1.82) is 0 Å². The third-order valence-electron chi connectivity index (χ3n) is 5.03. The molecule has 0 aliphatic carbocycles. The number of hydrogen-bond acceptors (Lipinski definition) is 6. The summed E-state index contributed by atoms with van der Waals surface area (Å²) in [6.07, 6.45) is 3.14. The van der Waals surface area contributed by atoms with Gasteiger partial charge in [-0.2, -0.15) is 0 Å². The molecule has 0 atom stereocenters. The van der Waals surface area contributed by atoms with Gasteiger partial charge < -0.3 is 9.64 Å². The van der Waals surface area contributed by atoms with Gasteiger partial charge in [0.05, 0.1) is 5.52 Å². The number of benzene rings is 1. The van der Waals surface area contributed by atoms with Crippen LogP contribution in [-0.4, -0.2) is 53.9 Å². The number of pyridine rings is 1. The number of amides is 2. The van der Waals surface area contributed by atoms with E-state index in [0.29, 0.717) is 30.8 Å². The van der Waals surface area contributed by atoms with E-state index in [9.17, 15) is 14.4 Å². The average molecular weight is 367 g/mol. The molecular formula is C20H21N3O4. The zero-order chi connectivity index (χ0) is 18.8. The van der Waals surface area contributed by atoms with Gasteiger partial charge in [-0.1, -0.05) is 18.2 Å². The Hall–Kier alpha value is -2.96. The van der Waals surface area contributed by atoms with Crippen LogP contribution in [-0.2, 0) is 14.3 Å². The highest BCUT2D eigenvalue weighted by Gasteiger charge is 2.28. The summed E-state index contributed by atoms with van der Waals surface area (Å²) in [5.74, 6) is -0.667. The molecule has 4 rings (SSSR count). The number of aromatic nitrogens is 1. The summed E-state index contributed by atoms with van der Waals surface area (Å²) in [4.78, 5) is 44.4. The van der Waals surface area contributed by atoms with Crippen molar-refractivity contribution >= 4 is 34.5 Å². The standard InChI is InChI=1S/C20H21N3O4/c24-17-8-5-11-23(17)18(25)13-27-20(26)15-12-14-6-1-2-7-16(14)21-19(15)22-9-3-4-10-22/h1-2,6-7,12H,3-5,8-11,13H2. The van der Waals surface area contributed by atoms with E-state index in [2.05, 4.69) is 9.88 Å². The number of fused-ring (bicyclic) bond motifs is 1. The summed E-state index contributed by atoms with van der Waals surface area (Å²) in [6, 6.07) is 9.36. The van der Waals surface area contributed by atoms with Crippen molar-refractivity contribution in [3.05, 3.63) is 35.9 Å². The molecular weight excluding hydrogens is 346 g/mol.